The molecule has 3 N–H and O–H groups in total. The van der Waals surface area contributed by atoms with E-state index >= 15 is 0 Å². The summed E-state index contributed by atoms with van der Waals surface area (Å²) in [6.45, 7) is 5.58. The van der Waals surface area contributed by atoms with Crippen molar-refractivity contribution in [3.8, 4) is 0 Å². The van der Waals surface area contributed by atoms with E-state index in [9.17, 15) is 13.2 Å². The van der Waals surface area contributed by atoms with Gasteiger partial charge in [-0.2, -0.15) is 4.31 Å². The molecule has 3 heterocycles. The Kier molecular flexibility index (Phi) is 4.82. The Bertz CT molecular complexity index is 1060. The number of H-pyrrole nitrogens is 1. The molecule has 0 bridgehead atoms. The van der Waals surface area contributed by atoms with Crippen molar-refractivity contribution in [2.24, 2.45) is 0 Å². The Morgan fingerprint density at radius 2 is 2.14 bits per heavy atom. The number of anilines is 1. The third-order valence-electron chi connectivity index (χ3n) is 5.04. The Labute approximate surface area is 164 Å². The number of hydrogen-bond donors (Lipinski definition) is 3. The topological polar surface area (TPSA) is 107 Å². The van der Waals surface area contributed by atoms with E-state index in [2.05, 4.69) is 20.6 Å². The van der Waals surface area contributed by atoms with Gasteiger partial charge in [-0.1, -0.05) is 6.07 Å². The number of amides is 1. The molecule has 1 saturated heterocycles. The van der Waals surface area contributed by atoms with Gasteiger partial charge < -0.3 is 15.6 Å². The lowest BCUT2D eigenvalue weighted by Crippen LogP contribution is -2.41. The van der Waals surface area contributed by atoms with Crippen molar-refractivity contribution < 1.29 is 13.2 Å². The van der Waals surface area contributed by atoms with E-state index < -0.39 is 10.0 Å². The van der Waals surface area contributed by atoms with E-state index in [4.69, 9.17) is 0 Å². The van der Waals surface area contributed by atoms with Crippen LogP contribution in [-0.2, 0) is 14.8 Å². The number of sulfonamides is 1. The van der Waals surface area contributed by atoms with Crippen molar-refractivity contribution in [2.75, 3.05) is 25.0 Å². The molecule has 1 unspecified atom stereocenters. The van der Waals surface area contributed by atoms with E-state index in [0.717, 1.165) is 18.7 Å². The molecule has 28 heavy (non-hydrogen) atoms. The Morgan fingerprint density at radius 3 is 2.89 bits per heavy atom. The van der Waals surface area contributed by atoms with E-state index in [-0.39, 0.29) is 16.8 Å². The summed E-state index contributed by atoms with van der Waals surface area (Å²) in [4.78, 5) is 20.0. The molecular formula is C19H23N5O3S. The molecule has 4 rings (SSSR count). The summed E-state index contributed by atoms with van der Waals surface area (Å²) in [5.41, 5.74) is 2.06. The second kappa shape index (κ2) is 7.16. The van der Waals surface area contributed by atoms with Gasteiger partial charge in [-0.3, -0.25) is 4.79 Å². The molecule has 2 aromatic rings. The van der Waals surface area contributed by atoms with Gasteiger partial charge in [0.25, 0.3) is 5.91 Å². The zero-order valence-electron chi connectivity index (χ0n) is 15.8. The highest BCUT2D eigenvalue weighted by Gasteiger charge is 2.36. The van der Waals surface area contributed by atoms with Crippen LogP contribution in [0.1, 0.15) is 30.4 Å². The van der Waals surface area contributed by atoms with Crippen molar-refractivity contribution in [3.05, 3.63) is 41.5 Å². The molecule has 1 aromatic carbocycles. The van der Waals surface area contributed by atoms with Crippen LogP contribution in [-0.4, -0.2) is 54.3 Å². The molecule has 0 saturated carbocycles. The molecule has 0 radical (unpaired) electrons. The normalized spacial score (nSPS) is 22.1. The van der Waals surface area contributed by atoms with E-state index in [0.29, 0.717) is 35.7 Å². The summed E-state index contributed by atoms with van der Waals surface area (Å²) < 4.78 is 28.6. The first-order chi connectivity index (χ1) is 13.4. The van der Waals surface area contributed by atoms with Gasteiger partial charge in [0.05, 0.1) is 16.2 Å². The van der Waals surface area contributed by atoms with Crippen LogP contribution in [0.2, 0.25) is 0 Å². The highest BCUT2D eigenvalue weighted by Crippen LogP contribution is 2.39. The smallest absolute Gasteiger partial charge is 0.256 e. The average Bonchev–Trinajstić information content (AvgIpc) is 3.11. The average molecular weight is 401 g/mol. The van der Waals surface area contributed by atoms with Crippen LogP contribution in [0.15, 0.2) is 29.3 Å². The van der Waals surface area contributed by atoms with Crippen molar-refractivity contribution in [2.45, 2.75) is 31.2 Å². The summed E-state index contributed by atoms with van der Waals surface area (Å²) in [5.74, 6) is 0.173. The lowest BCUT2D eigenvalue weighted by atomic mass is 10.1. The Morgan fingerprint density at radius 1 is 1.32 bits per heavy atom. The van der Waals surface area contributed by atoms with Crippen LogP contribution in [0.4, 0.5) is 5.69 Å². The lowest BCUT2D eigenvalue weighted by Gasteiger charge is -2.26. The fourth-order valence-electron chi connectivity index (χ4n) is 3.69. The van der Waals surface area contributed by atoms with Gasteiger partial charge in [-0.05, 0) is 45.0 Å². The van der Waals surface area contributed by atoms with Crippen molar-refractivity contribution in [1.82, 2.24) is 19.6 Å². The van der Waals surface area contributed by atoms with Crippen LogP contribution < -0.4 is 10.6 Å². The van der Waals surface area contributed by atoms with Crippen LogP contribution in [0, 0.1) is 6.92 Å². The minimum Gasteiger partial charge on any atom is -0.343 e. The number of benzene rings is 1. The molecule has 8 nitrogen and oxygen atoms in total. The number of carbonyl (C=O) groups excluding carboxylic acids is 1. The predicted molar refractivity (Wildman–Crippen MR) is 107 cm³/mol. The van der Waals surface area contributed by atoms with E-state index in [1.807, 2.05) is 13.8 Å². The maximum atomic E-state index is 13.5. The van der Waals surface area contributed by atoms with Crippen molar-refractivity contribution in [1.29, 1.82) is 0 Å². The highest BCUT2D eigenvalue weighted by atomic mass is 32.2. The number of aromatic nitrogens is 2. The number of aryl methyl sites for hydroxylation is 1. The van der Waals surface area contributed by atoms with Crippen LogP contribution in [0.5, 0.6) is 0 Å². The first kappa shape index (κ1) is 18.9. The predicted octanol–water partition coefficient (Wildman–Crippen LogP) is 1.58. The summed E-state index contributed by atoms with van der Waals surface area (Å²) in [7, 11) is -3.77. The molecule has 0 spiro atoms. The molecule has 1 aromatic heterocycles. The van der Waals surface area contributed by atoms with E-state index in [1.165, 1.54) is 4.31 Å². The maximum Gasteiger partial charge on any atom is 0.256 e. The second-order valence-corrected chi connectivity index (χ2v) is 9.02. The van der Waals surface area contributed by atoms with Crippen LogP contribution in [0.3, 0.4) is 0 Å². The summed E-state index contributed by atoms with van der Waals surface area (Å²) >= 11 is 0. The van der Waals surface area contributed by atoms with Gasteiger partial charge in [-0.25, -0.2) is 13.4 Å². The molecule has 1 atom stereocenters. The number of hydrogen-bond acceptors (Lipinski definition) is 5. The van der Waals surface area contributed by atoms with Crippen LogP contribution >= 0.6 is 0 Å². The monoisotopic (exact) mass is 401 g/mol. The quantitative estimate of drug-likeness (QED) is 0.677. The molecule has 2 aliphatic rings. The number of carbonyl (C=O) groups is 1. The number of nitrogens with zero attached hydrogens (tertiary/aromatic N) is 2. The number of aromatic amines is 1. The van der Waals surface area contributed by atoms with E-state index in [1.54, 1.807) is 30.5 Å². The minimum atomic E-state index is -3.77. The van der Waals surface area contributed by atoms with Crippen LogP contribution in [0.25, 0.3) is 11.6 Å². The second-order valence-electron chi connectivity index (χ2n) is 7.16. The van der Waals surface area contributed by atoms with Crippen molar-refractivity contribution in [3.63, 3.8) is 0 Å². The zero-order chi connectivity index (χ0) is 19.9. The molecule has 148 valence electrons. The third-order valence-corrected chi connectivity index (χ3v) is 7.10. The standard InChI is InChI=1S/C19H23N5O3S/c1-12-10-21-17(22-12)9-14-18-15(23-19(14)25)5-3-6-16(18)28(26,27)24-8-4-7-20-11-13(24)2/h3,5-6,9-10,13,20H,4,7-8,11H2,1-2H3,(H,21,22)(H,23,25)/b14-9-. The number of fused-ring (bicyclic) bond motifs is 1. The Hall–Kier alpha value is -2.49. The van der Waals surface area contributed by atoms with Gasteiger partial charge in [0.2, 0.25) is 10.0 Å². The first-order valence-corrected chi connectivity index (χ1v) is 10.7. The largest absolute Gasteiger partial charge is 0.343 e. The number of nitrogens with one attached hydrogen (secondary N) is 3. The third kappa shape index (κ3) is 3.25. The zero-order valence-corrected chi connectivity index (χ0v) is 16.6. The lowest BCUT2D eigenvalue weighted by molar-refractivity contribution is -0.110. The molecular weight excluding hydrogens is 378 g/mol. The Balaban J connectivity index is 1.84. The fourth-order valence-corrected chi connectivity index (χ4v) is 5.59. The van der Waals surface area contributed by atoms with Gasteiger partial charge in [0.1, 0.15) is 5.82 Å². The fraction of sp³-hybridized carbons (Fsp3) is 0.368. The number of rotatable bonds is 3. The summed E-state index contributed by atoms with van der Waals surface area (Å²) in [6, 6.07) is 4.77. The first-order valence-electron chi connectivity index (χ1n) is 9.28. The highest BCUT2D eigenvalue weighted by molar-refractivity contribution is 7.89. The van der Waals surface area contributed by atoms with Gasteiger partial charge >= 0.3 is 0 Å². The van der Waals surface area contributed by atoms with Crippen molar-refractivity contribution >= 4 is 33.3 Å². The molecule has 9 heteroatoms. The van der Waals surface area contributed by atoms with Gasteiger partial charge in [0.15, 0.2) is 0 Å². The molecule has 0 aliphatic carbocycles. The summed E-state index contributed by atoms with van der Waals surface area (Å²) in [5, 5.41) is 6.03. The molecule has 1 fully saturated rings. The van der Waals surface area contributed by atoms with Gasteiger partial charge in [0, 0.05) is 36.6 Å². The SMILES string of the molecule is Cc1cnc(/C=C2\C(=O)Nc3cccc(S(=O)(=O)N4CCCNCC4C)c32)[nH]1. The number of imidazole rings is 1. The minimum absolute atomic E-state index is 0.145. The summed E-state index contributed by atoms with van der Waals surface area (Å²) in [6.07, 6.45) is 4.00. The molecule has 1 amide bonds. The molecule has 2 aliphatic heterocycles. The van der Waals surface area contributed by atoms with Gasteiger partial charge in [-0.15, -0.1) is 0 Å². The maximum absolute atomic E-state index is 13.5.